The van der Waals surface area contributed by atoms with Crippen LogP contribution in [0.25, 0.3) is 0 Å². The van der Waals surface area contributed by atoms with E-state index < -0.39 is 8.24 Å². The van der Waals surface area contributed by atoms with Gasteiger partial charge in [0.2, 0.25) is 0 Å². The zero-order valence-electron chi connectivity index (χ0n) is 6.41. The molecule has 0 saturated carbocycles. The number of rotatable bonds is 3. The van der Waals surface area contributed by atoms with Gasteiger partial charge in [0, 0.05) is 0 Å². The van der Waals surface area contributed by atoms with E-state index in [0.717, 1.165) is 6.54 Å². The van der Waals surface area contributed by atoms with Crippen LogP contribution in [0.1, 0.15) is 13.8 Å². The Kier molecular flexibility index (Phi) is 3.32. The maximum atomic E-state index is 3.51. The van der Waals surface area contributed by atoms with Crippen LogP contribution in [0, 0.1) is 0 Å². The molecule has 0 aliphatic carbocycles. The minimum atomic E-state index is -0.927. The van der Waals surface area contributed by atoms with Crippen molar-refractivity contribution in [3.05, 3.63) is 0 Å². The van der Waals surface area contributed by atoms with E-state index >= 15 is 0 Å². The SMILES string of the molecule is CCN[Si](C)(C)CC. The largest absolute Gasteiger partial charge is 0.338 e. The van der Waals surface area contributed by atoms with Gasteiger partial charge in [0.1, 0.15) is 8.24 Å². The topological polar surface area (TPSA) is 12.0 Å². The highest BCUT2D eigenvalue weighted by atomic mass is 28.3. The van der Waals surface area contributed by atoms with Crippen LogP contribution in [0.5, 0.6) is 0 Å². The lowest BCUT2D eigenvalue weighted by Crippen LogP contribution is -2.43. The second-order valence-corrected chi connectivity index (χ2v) is 7.60. The molecule has 0 saturated heterocycles. The fourth-order valence-corrected chi connectivity index (χ4v) is 1.81. The first-order valence-corrected chi connectivity index (χ1v) is 6.58. The zero-order chi connectivity index (χ0) is 6.62. The van der Waals surface area contributed by atoms with Crippen LogP contribution in [-0.4, -0.2) is 14.8 Å². The van der Waals surface area contributed by atoms with Gasteiger partial charge in [-0.3, -0.25) is 0 Å². The molecular formula is C6H17NSi. The summed E-state index contributed by atoms with van der Waals surface area (Å²) in [4.78, 5) is 3.51. The van der Waals surface area contributed by atoms with E-state index in [4.69, 9.17) is 0 Å². The van der Waals surface area contributed by atoms with E-state index in [1.807, 2.05) is 0 Å². The first kappa shape index (κ1) is 8.18. The molecule has 0 aromatic heterocycles. The maximum Gasteiger partial charge on any atom is 0.119 e. The average Bonchev–Trinajstić information content (AvgIpc) is 1.67. The summed E-state index contributed by atoms with van der Waals surface area (Å²) in [5.74, 6) is 0. The first-order chi connectivity index (χ1) is 3.62. The fourth-order valence-electron chi connectivity index (χ4n) is 0.604. The summed E-state index contributed by atoms with van der Waals surface area (Å²) in [7, 11) is -0.927. The summed E-state index contributed by atoms with van der Waals surface area (Å²) < 4.78 is 0. The number of hydrogen-bond acceptors (Lipinski definition) is 1. The van der Waals surface area contributed by atoms with Gasteiger partial charge in [0.25, 0.3) is 0 Å². The van der Waals surface area contributed by atoms with E-state index in [9.17, 15) is 0 Å². The van der Waals surface area contributed by atoms with Gasteiger partial charge in [0.15, 0.2) is 0 Å². The van der Waals surface area contributed by atoms with Crippen molar-refractivity contribution in [2.24, 2.45) is 0 Å². The van der Waals surface area contributed by atoms with Crippen molar-refractivity contribution < 1.29 is 0 Å². The normalized spacial score (nSPS) is 12.0. The molecule has 0 heterocycles. The van der Waals surface area contributed by atoms with Crippen LogP contribution in [0.3, 0.4) is 0 Å². The Morgan fingerprint density at radius 2 is 1.75 bits per heavy atom. The van der Waals surface area contributed by atoms with Crippen molar-refractivity contribution in [3.8, 4) is 0 Å². The lowest BCUT2D eigenvalue weighted by molar-refractivity contribution is 0.949. The van der Waals surface area contributed by atoms with Crippen LogP contribution in [0.15, 0.2) is 0 Å². The molecule has 0 atom stereocenters. The molecule has 0 aliphatic heterocycles. The molecule has 8 heavy (non-hydrogen) atoms. The van der Waals surface area contributed by atoms with E-state index in [0.29, 0.717) is 0 Å². The van der Waals surface area contributed by atoms with E-state index in [2.05, 4.69) is 31.9 Å². The predicted octanol–water partition coefficient (Wildman–Crippen LogP) is 1.82. The van der Waals surface area contributed by atoms with Gasteiger partial charge in [0.05, 0.1) is 0 Å². The Bertz CT molecular complexity index is 61.5. The van der Waals surface area contributed by atoms with Crippen LogP contribution >= 0.6 is 0 Å². The molecule has 0 aromatic carbocycles. The van der Waals surface area contributed by atoms with Gasteiger partial charge in [-0.05, 0) is 12.6 Å². The number of hydrogen-bond donors (Lipinski definition) is 1. The minimum Gasteiger partial charge on any atom is -0.338 e. The summed E-state index contributed by atoms with van der Waals surface area (Å²) in [6.45, 7) is 10.3. The highest BCUT2D eigenvalue weighted by Gasteiger charge is 2.14. The fraction of sp³-hybridized carbons (Fsp3) is 1.00. The average molecular weight is 131 g/mol. The molecule has 0 radical (unpaired) electrons. The first-order valence-electron chi connectivity index (χ1n) is 3.37. The van der Waals surface area contributed by atoms with Gasteiger partial charge in [-0.25, -0.2) is 0 Å². The highest BCUT2D eigenvalue weighted by Crippen LogP contribution is 2.01. The summed E-state index contributed by atoms with van der Waals surface area (Å²) >= 11 is 0. The molecule has 0 spiro atoms. The van der Waals surface area contributed by atoms with Crippen LogP contribution in [-0.2, 0) is 0 Å². The second-order valence-electron chi connectivity index (χ2n) is 2.77. The lowest BCUT2D eigenvalue weighted by atomic mass is 10.8. The summed E-state index contributed by atoms with van der Waals surface area (Å²) in [5, 5.41) is 0. The van der Waals surface area contributed by atoms with Gasteiger partial charge in [-0.1, -0.05) is 26.9 Å². The Balaban J connectivity index is 3.37. The molecule has 1 nitrogen and oxygen atoms in total. The summed E-state index contributed by atoms with van der Waals surface area (Å²) in [6.07, 6.45) is 0. The van der Waals surface area contributed by atoms with E-state index in [1.165, 1.54) is 6.04 Å². The molecule has 0 bridgehead atoms. The van der Waals surface area contributed by atoms with Crippen LogP contribution in [0.2, 0.25) is 19.1 Å². The molecule has 0 rings (SSSR count). The molecule has 0 unspecified atom stereocenters. The predicted molar refractivity (Wildman–Crippen MR) is 41.6 cm³/mol. The van der Waals surface area contributed by atoms with Crippen LogP contribution < -0.4 is 4.98 Å². The third kappa shape index (κ3) is 3.21. The molecular weight excluding hydrogens is 114 g/mol. The number of nitrogens with one attached hydrogen (secondary N) is 1. The standard InChI is InChI=1S/C6H17NSi/c1-5-7-8(3,4)6-2/h7H,5-6H2,1-4H3. The van der Waals surface area contributed by atoms with E-state index in [-0.39, 0.29) is 0 Å². The zero-order valence-corrected chi connectivity index (χ0v) is 7.41. The minimum absolute atomic E-state index is 0.927. The van der Waals surface area contributed by atoms with Crippen molar-refractivity contribution in [2.75, 3.05) is 6.54 Å². The van der Waals surface area contributed by atoms with Crippen molar-refractivity contribution in [2.45, 2.75) is 33.0 Å². The Morgan fingerprint density at radius 1 is 1.25 bits per heavy atom. The summed E-state index contributed by atoms with van der Waals surface area (Å²) in [6, 6.07) is 1.33. The molecule has 1 N–H and O–H groups in total. The van der Waals surface area contributed by atoms with Crippen molar-refractivity contribution in [1.29, 1.82) is 0 Å². The summed E-state index contributed by atoms with van der Waals surface area (Å²) in [5.41, 5.74) is 0. The van der Waals surface area contributed by atoms with E-state index in [1.54, 1.807) is 0 Å². The van der Waals surface area contributed by atoms with Crippen molar-refractivity contribution in [3.63, 3.8) is 0 Å². The quantitative estimate of drug-likeness (QED) is 0.576. The molecule has 2 heteroatoms. The third-order valence-corrected chi connectivity index (χ3v) is 4.62. The van der Waals surface area contributed by atoms with Gasteiger partial charge in [-0.15, -0.1) is 0 Å². The molecule has 0 aliphatic rings. The molecule has 0 aromatic rings. The van der Waals surface area contributed by atoms with Gasteiger partial charge >= 0.3 is 0 Å². The Morgan fingerprint density at radius 3 is 1.88 bits per heavy atom. The Labute approximate surface area is 53.6 Å². The van der Waals surface area contributed by atoms with Crippen molar-refractivity contribution in [1.82, 2.24) is 4.98 Å². The lowest BCUT2D eigenvalue weighted by Gasteiger charge is -2.19. The van der Waals surface area contributed by atoms with Crippen LogP contribution in [0.4, 0.5) is 0 Å². The highest BCUT2D eigenvalue weighted by molar-refractivity contribution is 6.74. The Hall–Kier alpha value is 0.177. The second kappa shape index (κ2) is 3.25. The molecule has 50 valence electrons. The smallest absolute Gasteiger partial charge is 0.119 e. The van der Waals surface area contributed by atoms with Gasteiger partial charge < -0.3 is 4.98 Å². The van der Waals surface area contributed by atoms with Crippen molar-refractivity contribution >= 4 is 8.24 Å². The molecule has 0 fully saturated rings. The molecule has 0 amide bonds. The third-order valence-electron chi connectivity index (χ3n) is 1.54. The maximum absolute atomic E-state index is 3.51. The monoisotopic (exact) mass is 131 g/mol. The van der Waals surface area contributed by atoms with Gasteiger partial charge in [-0.2, -0.15) is 0 Å².